The van der Waals surface area contributed by atoms with Gasteiger partial charge in [0.2, 0.25) is 10.9 Å². The zero-order valence-corrected chi connectivity index (χ0v) is 16.5. The summed E-state index contributed by atoms with van der Waals surface area (Å²) in [4.78, 5) is 17.5. The van der Waals surface area contributed by atoms with Crippen LogP contribution in [0.2, 0.25) is 0 Å². The fourth-order valence-electron chi connectivity index (χ4n) is 2.50. The molecule has 1 aromatic carbocycles. The number of benzene rings is 1. The minimum atomic E-state index is -0.169. The van der Waals surface area contributed by atoms with Crippen LogP contribution in [0.4, 0.5) is 0 Å². The second kappa shape index (κ2) is 7.61. The molecule has 0 aliphatic carbocycles. The second-order valence-electron chi connectivity index (χ2n) is 6.40. The van der Waals surface area contributed by atoms with E-state index < -0.39 is 0 Å². The minimum absolute atomic E-state index is 0.169. The molecule has 0 unspecified atom stereocenters. The van der Waals surface area contributed by atoms with E-state index in [1.54, 1.807) is 0 Å². The van der Waals surface area contributed by atoms with E-state index in [0.29, 0.717) is 33.4 Å². The molecule has 7 nitrogen and oxygen atoms in total. The van der Waals surface area contributed by atoms with Crippen LogP contribution >= 0.6 is 23.1 Å². The average molecular weight is 400 g/mol. The van der Waals surface area contributed by atoms with Gasteiger partial charge in [0, 0.05) is 23.8 Å². The Balaban J connectivity index is 1.50. The van der Waals surface area contributed by atoms with Gasteiger partial charge < -0.3 is 4.42 Å². The van der Waals surface area contributed by atoms with Crippen LogP contribution in [0.25, 0.3) is 16.4 Å². The van der Waals surface area contributed by atoms with E-state index in [0.717, 1.165) is 17.0 Å². The second-order valence-corrected chi connectivity index (χ2v) is 8.37. The highest BCUT2D eigenvalue weighted by Gasteiger charge is 2.13. The third kappa shape index (κ3) is 4.09. The molecule has 0 radical (unpaired) electrons. The number of aromatic nitrogens is 5. The summed E-state index contributed by atoms with van der Waals surface area (Å²) >= 11 is 2.81. The lowest BCUT2D eigenvalue weighted by Crippen LogP contribution is -2.15. The minimum Gasteiger partial charge on any atom is -0.411 e. The first-order chi connectivity index (χ1) is 13.1. The van der Waals surface area contributed by atoms with Crippen molar-refractivity contribution in [2.45, 2.75) is 31.2 Å². The highest BCUT2D eigenvalue weighted by Crippen LogP contribution is 2.25. The topological polar surface area (TPSA) is 86.2 Å². The fraction of sp³-hybridized carbons (Fsp3) is 0.278. The van der Waals surface area contributed by atoms with Crippen molar-refractivity contribution in [3.8, 4) is 11.5 Å². The van der Waals surface area contributed by atoms with Crippen molar-refractivity contribution in [3.63, 3.8) is 0 Å². The Morgan fingerprint density at radius 1 is 1.22 bits per heavy atom. The molecule has 0 saturated heterocycles. The highest BCUT2D eigenvalue weighted by atomic mass is 32.2. The molecule has 0 aliphatic rings. The van der Waals surface area contributed by atoms with Gasteiger partial charge >= 0.3 is 0 Å². The third-order valence-electron chi connectivity index (χ3n) is 3.69. The molecule has 0 aliphatic heterocycles. The van der Waals surface area contributed by atoms with Crippen molar-refractivity contribution in [1.29, 1.82) is 0 Å². The van der Waals surface area contributed by atoms with E-state index in [1.807, 2.05) is 30.3 Å². The molecule has 27 heavy (non-hydrogen) atoms. The lowest BCUT2D eigenvalue weighted by molar-refractivity contribution is 0.466. The summed E-state index contributed by atoms with van der Waals surface area (Å²) < 4.78 is 7.05. The summed E-state index contributed by atoms with van der Waals surface area (Å²) in [6, 6.07) is 11.1. The number of nitrogens with zero attached hydrogens (tertiary/aromatic N) is 5. The average Bonchev–Trinajstić information content (AvgIpc) is 3.27. The molecular weight excluding hydrogens is 382 g/mol. The van der Waals surface area contributed by atoms with Gasteiger partial charge in [0.05, 0.1) is 5.69 Å². The third-order valence-corrected chi connectivity index (χ3v) is 5.48. The molecule has 0 fully saturated rings. The molecule has 0 spiro atoms. The highest BCUT2D eigenvalue weighted by molar-refractivity contribution is 7.98. The maximum absolute atomic E-state index is 12.3. The first-order valence-electron chi connectivity index (χ1n) is 8.49. The summed E-state index contributed by atoms with van der Waals surface area (Å²) in [6.07, 6.45) is 0.835. The molecule has 4 aromatic rings. The number of thioether (sulfide) groups is 1. The molecule has 0 saturated carbocycles. The molecule has 9 heteroatoms. The predicted octanol–water partition coefficient (Wildman–Crippen LogP) is 3.69. The van der Waals surface area contributed by atoms with E-state index in [9.17, 15) is 4.79 Å². The van der Waals surface area contributed by atoms with E-state index >= 15 is 0 Å². The van der Waals surface area contributed by atoms with Crippen molar-refractivity contribution in [2.24, 2.45) is 5.92 Å². The van der Waals surface area contributed by atoms with Gasteiger partial charge in [-0.05, 0) is 18.1 Å². The van der Waals surface area contributed by atoms with Crippen LogP contribution in [0.3, 0.4) is 0 Å². The van der Waals surface area contributed by atoms with Crippen LogP contribution in [-0.4, -0.2) is 24.8 Å². The Kier molecular flexibility index (Phi) is 5.04. The van der Waals surface area contributed by atoms with Gasteiger partial charge in [0.15, 0.2) is 0 Å². The van der Waals surface area contributed by atoms with Crippen molar-refractivity contribution < 1.29 is 4.42 Å². The predicted molar refractivity (Wildman–Crippen MR) is 105 cm³/mol. The SMILES string of the molecule is CC(C)Cc1nn2c(=O)cc(CSc3nnc(-c4ccccc4)o3)nc2s1. The van der Waals surface area contributed by atoms with Crippen LogP contribution < -0.4 is 5.56 Å². The largest absolute Gasteiger partial charge is 0.411 e. The summed E-state index contributed by atoms with van der Waals surface area (Å²) in [6.45, 7) is 4.25. The van der Waals surface area contributed by atoms with E-state index in [1.165, 1.54) is 33.7 Å². The normalized spacial score (nSPS) is 11.5. The number of hydrogen-bond acceptors (Lipinski definition) is 8. The fourth-order valence-corrected chi connectivity index (χ4v) is 4.29. The van der Waals surface area contributed by atoms with Crippen molar-refractivity contribution in [1.82, 2.24) is 24.8 Å². The van der Waals surface area contributed by atoms with Gasteiger partial charge in [-0.25, -0.2) is 4.98 Å². The molecule has 4 rings (SSSR count). The Bertz CT molecular complexity index is 1120. The molecular formula is C18H17N5O2S2. The van der Waals surface area contributed by atoms with Gasteiger partial charge in [-0.1, -0.05) is 55.1 Å². The summed E-state index contributed by atoms with van der Waals surface area (Å²) in [7, 11) is 0. The monoisotopic (exact) mass is 399 g/mol. The van der Waals surface area contributed by atoms with Crippen LogP contribution in [0.15, 0.2) is 50.8 Å². The zero-order valence-electron chi connectivity index (χ0n) is 14.8. The lowest BCUT2D eigenvalue weighted by atomic mass is 10.1. The molecule has 138 valence electrons. The van der Waals surface area contributed by atoms with E-state index in [2.05, 4.69) is 34.1 Å². The number of fused-ring (bicyclic) bond motifs is 1. The van der Waals surface area contributed by atoms with Gasteiger partial charge in [-0.2, -0.15) is 9.61 Å². The Morgan fingerprint density at radius 3 is 2.81 bits per heavy atom. The first kappa shape index (κ1) is 17.9. The molecule has 3 aromatic heterocycles. The maximum Gasteiger partial charge on any atom is 0.277 e. The Morgan fingerprint density at radius 2 is 2.04 bits per heavy atom. The van der Waals surface area contributed by atoms with Crippen LogP contribution in [0.5, 0.6) is 0 Å². The van der Waals surface area contributed by atoms with Crippen molar-refractivity contribution in [2.75, 3.05) is 0 Å². The lowest BCUT2D eigenvalue weighted by Gasteiger charge is -1.97. The standard InChI is InChI=1S/C18H17N5O2S2/c1-11(2)8-14-22-23-15(24)9-13(19-17(23)27-14)10-26-18-21-20-16(25-18)12-6-4-3-5-7-12/h3-7,9,11H,8,10H2,1-2H3. The van der Waals surface area contributed by atoms with Gasteiger partial charge in [-0.15, -0.1) is 10.2 Å². The molecule has 0 bridgehead atoms. The summed E-state index contributed by atoms with van der Waals surface area (Å²) in [5.41, 5.74) is 1.37. The molecule has 3 heterocycles. The Labute approximate surface area is 163 Å². The van der Waals surface area contributed by atoms with Gasteiger partial charge in [0.1, 0.15) is 5.01 Å². The van der Waals surface area contributed by atoms with Crippen LogP contribution in [0.1, 0.15) is 24.5 Å². The zero-order chi connectivity index (χ0) is 18.8. The molecule has 0 atom stereocenters. The van der Waals surface area contributed by atoms with E-state index in [4.69, 9.17) is 4.42 Å². The quantitative estimate of drug-likeness (QED) is 0.457. The van der Waals surface area contributed by atoms with E-state index in [-0.39, 0.29) is 5.56 Å². The van der Waals surface area contributed by atoms with Gasteiger partial charge in [-0.3, -0.25) is 4.79 Å². The van der Waals surface area contributed by atoms with Gasteiger partial charge in [0.25, 0.3) is 10.8 Å². The summed E-state index contributed by atoms with van der Waals surface area (Å²) in [5, 5.41) is 13.8. The number of hydrogen-bond donors (Lipinski definition) is 0. The molecule has 0 amide bonds. The van der Waals surface area contributed by atoms with Crippen LogP contribution in [-0.2, 0) is 12.2 Å². The number of rotatable bonds is 6. The van der Waals surface area contributed by atoms with Crippen molar-refractivity contribution in [3.05, 3.63) is 57.5 Å². The maximum atomic E-state index is 12.3. The smallest absolute Gasteiger partial charge is 0.277 e. The van der Waals surface area contributed by atoms with Crippen molar-refractivity contribution >= 4 is 28.1 Å². The summed E-state index contributed by atoms with van der Waals surface area (Å²) in [5.74, 6) is 1.43. The van der Waals surface area contributed by atoms with Crippen LogP contribution in [0, 0.1) is 5.92 Å². The first-order valence-corrected chi connectivity index (χ1v) is 10.3. The Hall–Kier alpha value is -2.52. The molecule has 0 N–H and O–H groups in total.